The smallest absolute Gasteiger partial charge is 0.307 e. The van der Waals surface area contributed by atoms with Crippen molar-refractivity contribution in [1.82, 2.24) is 5.32 Å². The summed E-state index contributed by atoms with van der Waals surface area (Å²) in [5.74, 6) is -1.22. The highest BCUT2D eigenvalue weighted by Gasteiger charge is 2.51. The van der Waals surface area contributed by atoms with Gasteiger partial charge in [-0.25, -0.2) is 0 Å². The molecule has 0 spiro atoms. The van der Waals surface area contributed by atoms with Gasteiger partial charge in [0, 0.05) is 6.54 Å². The Labute approximate surface area is 107 Å². The molecule has 0 heterocycles. The number of carbonyl (C=O) groups is 2. The van der Waals surface area contributed by atoms with E-state index >= 15 is 0 Å². The van der Waals surface area contributed by atoms with Gasteiger partial charge in [-0.15, -0.1) is 0 Å². The summed E-state index contributed by atoms with van der Waals surface area (Å²) in [5, 5.41) is 12.2. The molecule has 0 saturated heterocycles. The summed E-state index contributed by atoms with van der Waals surface area (Å²) < 4.78 is 0. The standard InChI is InChI=1S/C14H21NO3/c1-3-8(2)7-15-13(16)11-9-4-5-10(6-9)12(11)14(17)18/h4-5,8-12H,3,6-7H2,1-2H3,(H,15,16)(H,17,18)/t8?,9?,10?,11-,12+/m0/s1. The van der Waals surface area contributed by atoms with Crippen LogP contribution in [0.25, 0.3) is 0 Å². The maximum atomic E-state index is 12.2. The zero-order chi connectivity index (χ0) is 13.3. The van der Waals surface area contributed by atoms with E-state index in [9.17, 15) is 14.7 Å². The Morgan fingerprint density at radius 1 is 1.33 bits per heavy atom. The molecule has 0 aromatic heterocycles. The van der Waals surface area contributed by atoms with Crippen molar-refractivity contribution in [2.24, 2.45) is 29.6 Å². The molecular weight excluding hydrogens is 230 g/mol. The molecule has 2 bridgehead atoms. The molecule has 4 nitrogen and oxygen atoms in total. The predicted molar refractivity (Wildman–Crippen MR) is 67.8 cm³/mol. The Morgan fingerprint density at radius 3 is 2.50 bits per heavy atom. The van der Waals surface area contributed by atoms with Crippen LogP contribution >= 0.6 is 0 Å². The second-order valence-corrected chi connectivity index (χ2v) is 5.60. The molecule has 4 heteroatoms. The summed E-state index contributed by atoms with van der Waals surface area (Å²) in [7, 11) is 0. The van der Waals surface area contributed by atoms with Crippen LogP contribution in [0.15, 0.2) is 12.2 Å². The number of hydrogen-bond acceptors (Lipinski definition) is 2. The average Bonchev–Trinajstić information content (AvgIpc) is 2.95. The van der Waals surface area contributed by atoms with Gasteiger partial charge in [-0.1, -0.05) is 32.4 Å². The fourth-order valence-electron chi connectivity index (χ4n) is 3.05. The number of rotatable bonds is 5. The van der Waals surface area contributed by atoms with Crippen LogP contribution in [0.3, 0.4) is 0 Å². The van der Waals surface area contributed by atoms with Gasteiger partial charge in [-0.2, -0.15) is 0 Å². The average molecular weight is 251 g/mol. The molecular formula is C14H21NO3. The van der Waals surface area contributed by atoms with E-state index in [0.29, 0.717) is 12.5 Å². The van der Waals surface area contributed by atoms with Crippen LogP contribution in [0.2, 0.25) is 0 Å². The van der Waals surface area contributed by atoms with Gasteiger partial charge in [0.2, 0.25) is 5.91 Å². The lowest BCUT2D eigenvalue weighted by Crippen LogP contribution is -2.41. The third-order valence-corrected chi connectivity index (χ3v) is 4.37. The molecule has 3 unspecified atom stereocenters. The lowest BCUT2D eigenvalue weighted by molar-refractivity contribution is -0.147. The molecule has 1 amide bonds. The maximum absolute atomic E-state index is 12.2. The first-order valence-electron chi connectivity index (χ1n) is 6.73. The molecule has 5 atom stereocenters. The number of fused-ring (bicyclic) bond motifs is 2. The lowest BCUT2D eigenvalue weighted by Gasteiger charge is -2.24. The van der Waals surface area contributed by atoms with Crippen molar-refractivity contribution in [2.45, 2.75) is 26.7 Å². The Hall–Kier alpha value is -1.32. The number of hydrogen-bond donors (Lipinski definition) is 2. The second-order valence-electron chi connectivity index (χ2n) is 5.60. The van der Waals surface area contributed by atoms with E-state index in [4.69, 9.17) is 0 Å². The van der Waals surface area contributed by atoms with Crippen LogP contribution in [0.5, 0.6) is 0 Å². The molecule has 0 aromatic carbocycles. The first-order chi connectivity index (χ1) is 8.54. The lowest BCUT2D eigenvalue weighted by atomic mass is 9.82. The highest BCUT2D eigenvalue weighted by Crippen LogP contribution is 2.48. The number of nitrogens with one attached hydrogen (secondary N) is 1. The van der Waals surface area contributed by atoms with Crippen LogP contribution < -0.4 is 5.32 Å². The number of amides is 1. The van der Waals surface area contributed by atoms with Gasteiger partial charge in [-0.05, 0) is 24.2 Å². The van der Waals surface area contributed by atoms with E-state index in [1.807, 2.05) is 12.2 Å². The number of carboxylic acid groups (broad SMARTS) is 1. The van der Waals surface area contributed by atoms with E-state index < -0.39 is 11.9 Å². The molecule has 2 aliphatic rings. The number of aliphatic carboxylic acids is 1. The minimum atomic E-state index is -0.837. The van der Waals surface area contributed by atoms with Crippen molar-refractivity contribution < 1.29 is 14.7 Å². The minimum absolute atomic E-state index is 0.0480. The Balaban J connectivity index is 2.01. The normalized spacial score (nSPS) is 34.6. The number of carboxylic acids is 1. The summed E-state index contributed by atoms with van der Waals surface area (Å²) in [6.07, 6.45) is 5.80. The highest BCUT2D eigenvalue weighted by molar-refractivity contribution is 5.86. The first-order valence-corrected chi connectivity index (χ1v) is 6.73. The Bertz CT molecular complexity index is 377. The Morgan fingerprint density at radius 2 is 1.94 bits per heavy atom. The second kappa shape index (κ2) is 5.12. The van der Waals surface area contributed by atoms with Gasteiger partial charge < -0.3 is 10.4 Å². The van der Waals surface area contributed by atoms with Gasteiger partial charge >= 0.3 is 5.97 Å². The van der Waals surface area contributed by atoms with E-state index in [0.717, 1.165) is 12.8 Å². The summed E-state index contributed by atoms with van der Waals surface area (Å²) in [6.45, 7) is 4.80. The van der Waals surface area contributed by atoms with Gasteiger partial charge in [-0.3, -0.25) is 9.59 Å². The van der Waals surface area contributed by atoms with Crippen molar-refractivity contribution in [3.8, 4) is 0 Å². The topological polar surface area (TPSA) is 66.4 Å². The molecule has 1 saturated carbocycles. The summed E-state index contributed by atoms with van der Waals surface area (Å²) in [5.41, 5.74) is 0. The van der Waals surface area contributed by atoms with E-state index in [2.05, 4.69) is 19.2 Å². The van der Waals surface area contributed by atoms with Crippen LogP contribution in [0.4, 0.5) is 0 Å². The highest BCUT2D eigenvalue weighted by atomic mass is 16.4. The van der Waals surface area contributed by atoms with Crippen LogP contribution in [0.1, 0.15) is 26.7 Å². The molecule has 0 aromatic rings. The molecule has 18 heavy (non-hydrogen) atoms. The van der Waals surface area contributed by atoms with Crippen molar-refractivity contribution in [3.63, 3.8) is 0 Å². The van der Waals surface area contributed by atoms with E-state index in [1.165, 1.54) is 0 Å². The molecule has 0 radical (unpaired) electrons. The zero-order valence-electron chi connectivity index (χ0n) is 10.9. The molecule has 100 valence electrons. The molecule has 0 aliphatic heterocycles. The van der Waals surface area contributed by atoms with Gasteiger partial charge in [0.25, 0.3) is 0 Å². The first kappa shape index (κ1) is 13.1. The number of carbonyl (C=O) groups excluding carboxylic acids is 1. The predicted octanol–water partition coefficient (Wildman–Crippen LogP) is 1.67. The summed E-state index contributed by atoms with van der Waals surface area (Å²) >= 11 is 0. The third-order valence-electron chi connectivity index (χ3n) is 4.37. The Kier molecular flexibility index (Phi) is 3.73. The number of allylic oxidation sites excluding steroid dienone is 2. The van der Waals surface area contributed by atoms with E-state index in [-0.39, 0.29) is 23.7 Å². The maximum Gasteiger partial charge on any atom is 0.307 e. The van der Waals surface area contributed by atoms with E-state index in [1.54, 1.807) is 0 Å². The van der Waals surface area contributed by atoms with Crippen molar-refractivity contribution in [2.75, 3.05) is 6.54 Å². The zero-order valence-corrected chi connectivity index (χ0v) is 10.9. The van der Waals surface area contributed by atoms with Gasteiger partial charge in [0.05, 0.1) is 11.8 Å². The molecule has 2 rings (SSSR count). The summed E-state index contributed by atoms with van der Waals surface area (Å²) in [4.78, 5) is 23.4. The minimum Gasteiger partial charge on any atom is -0.481 e. The van der Waals surface area contributed by atoms with Crippen molar-refractivity contribution >= 4 is 11.9 Å². The monoisotopic (exact) mass is 251 g/mol. The molecule has 2 N–H and O–H groups in total. The van der Waals surface area contributed by atoms with Gasteiger partial charge in [0.15, 0.2) is 0 Å². The van der Waals surface area contributed by atoms with Crippen LogP contribution in [0, 0.1) is 29.6 Å². The largest absolute Gasteiger partial charge is 0.481 e. The third kappa shape index (κ3) is 2.28. The fraction of sp³-hybridized carbons (Fsp3) is 0.714. The van der Waals surface area contributed by atoms with Crippen molar-refractivity contribution in [3.05, 3.63) is 12.2 Å². The molecule has 1 fully saturated rings. The van der Waals surface area contributed by atoms with Crippen molar-refractivity contribution in [1.29, 1.82) is 0 Å². The quantitative estimate of drug-likeness (QED) is 0.730. The summed E-state index contributed by atoms with van der Waals surface area (Å²) in [6, 6.07) is 0. The van der Waals surface area contributed by atoms with Crippen LogP contribution in [-0.2, 0) is 9.59 Å². The fourth-order valence-corrected chi connectivity index (χ4v) is 3.05. The van der Waals surface area contributed by atoms with Gasteiger partial charge in [0.1, 0.15) is 0 Å². The SMILES string of the molecule is CCC(C)CNC(=O)[C@H]1C2C=CC(C2)[C@H]1C(=O)O. The molecule has 2 aliphatic carbocycles. The van der Waals surface area contributed by atoms with Crippen LogP contribution in [-0.4, -0.2) is 23.5 Å².